The Hall–Kier alpha value is -0.850. The molecule has 0 aliphatic rings. The lowest BCUT2D eigenvalue weighted by molar-refractivity contribution is 0.469. The number of aromatic nitrogens is 1. The zero-order valence-electron chi connectivity index (χ0n) is 8.76. The molecule has 0 atom stereocenters. The average Bonchev–Trinajstić information content (AvgIpc) is 1.85. The van der Waals surface area contributed by atoms with Crippen molar-refractivity contribution in [3.63, 3.8) is 0 Å². The quantitative estimate of drug-likeness (QED) is 0.574. The van der Waals surface area contributed by atoms with Crippen LogP contribution in [0.2, 0.25) is 0 Å². The van der Waals surface area contributed by atoms with Gasteiger partial charge in [0.05, 0.1) is 0 Å². The molecule has 0 bridgehead atoms. The van der Waals surface area contributed by atoms with Crippen LogP contribution in [0.1, 0.15) is 33.4 Å². The minimum atomic E-state index is 0.500. The summed E-state index contributed by atoms with van der Waals surface area (Å²) in [5.74, 6) is 0. The van der Waals surface area contributed by atoms with Crippen molar-refractivity contribution in [1.82, 2.24) is 4.98 Å². The summed E-state index contributed by atoms with van der Waals surface area (Å²) in [6.07, 6.45) is 1.79. The second-order valence-corrected chi connectivity index (χ2v) is 4.47. The van der Waals surface area contributed by atoms with Crippen LogP contribution in [0.15, 0.2) is 24.4 Å². The predicted octanol–water partition coefficient (Wildman–Crippen LogP) is 3.44. The maximum Gasteiger partial charge on any atom is 0.0372 e. The van der Waals surface area contributed by atoms with Crippen LogP contribution in [0.4, 0.5) is 0 Å². The maximum atomic E-state index is 3.98. The van der Waals surface area contributed by atoms with Crippen LogP contribution in [0, 0.1) is 12.3 Å². The molecule has 0 unspecified atom stereocenters. The Morgan fingerprint density at radius 2 is 1.58 bits per heavy atom. The SMILES string of the molecule is CC(C)(C)C.Cc1ccccn1. The topological polar surface area (TPSA) is 12.9 Å². The van der Waals surface area contributed by atoms with E-state index in [1.54, 1.807) is 6.20 Å². The van der Waals surface area contributed by atoms with Gasteiger partial charge >= 0.3 is 0 Å². The molecule has 0 amide bonds. The molecule has 1 nitrogen and oxygen atoms in total. The van der Waals surface area contributed by atoms with Gasteiger partial charge in [-0.05, 0) is 24.5 Å². The normalized spacial score (nSPS) is 10.1. The third-order valence-electron chi connectivity index (χ3n) is 0.813. The van der Waals surface area contributed by atoms with Gasteiger partial charge in [-0.3, -0.25) is 4.98 Å². The lowest BCUT2D eigenvalue weighted by Crippen LogP contribution is -1.93. The number of rotatable bonds is 0. The molecule has 1 heteroatoms. The fourth-order valence-corrected chi connectivity index (χ4v) is 0.448. The lowest BCUT2D eigenvalue weighted by atomic mass is 10.0. The molecule has 0 spiro atoms. The van der Waals surface area contributed by atoms with E-state index in [2.05, 4.69) is 32.7 Å². The number of hydrogen-bond acceptors (Lipinski definition) is 1. The predicted molar refractivity (Wildman–Crippen MR) is 54.1 cm³/mol. The standard InChI is InChI=1S/C6H7N.C5H12/c1-6-4-2-3-5-7-6;1-5(2,3)4/h2-5H,1H3;1-4H3. The maximum absolute atomic E-state index is 3.98. The largest absolute Gasteiger partial charge is 0.262 e. The first kappa shape index (κ1) is 11.2. The van der Waals surface area contributed by atoms with Gasteiger partial charge in [-0.15, -0.1) is 0 Å². The molecule has 0 N–H and O–H groups in total. The molecule has 0 saturated heterocycles. The van der Waals surface area contributed by atoms with Crippen molar-refractivity contribution < 1.29 is 0 Å². The number of pyridine rings is 1. The zero-order valence-corrected chi connectivity index (χ0v) is 8.76. The van der Waals surface area contributed by atoms with Crippen molar-refractivity contribution in [2.75, 3.05) is 0 Å². The van der Waals surface area contributed by atoms with Crippen LogP contribution in [-0.2, 0) is 0 Å². The van der Waals surface area contributed by atoms with Crippen molar-refractivity contribution in [2.45, 2.75) is 34.6 Å². The number of hydrogen-bond donors (Lipinski definition) is 0. The third kappa shape index (κ3) is 11.9. The molecule has 0 fully saturated rings. The molecule has 1 rings (SSSR count). The monoisotopic (exact) mass is 165 g/mol. The summed E-state index contributed by atoms with van der Waals surface area (Å²) >= 11 is 0. The molecule has 1 aromatic heterocycles. The molecule has 0 aliphatic carbocycles. The van der Waals surface area contributed by atoms with Gasteiger partial charge in [0, 0.05) is 11.9 Å². The van der Waals surface area contributed by atoms with Crippen LogP contribution < -0.4 is 0 Å². The molecule has 0 radical (unpaired) electrons. The van der Waals surface area contributed by atoms with Crippen LogP contribution in [0.3, 0.4) is 0 Å². The average molecular weight is 165 g/mol. The summed E-state index contributed by atoms with van der Waals surface area (Å²) in [4.78, 5) is 3.98. The Bertz CT molecular complexity index is 190. The van der Waals surface area contributed by atoms with Gasteiger partial charge in [-0.1, -0.05) is 33.8 Å². The van der Waals surface area contributed by atoms with E-state index in [0.717, 1.165) is 5.69 Å². The Labute approximate surface area is 75.8 Å². The minimum absolute atomic E-state index is 0.500. The molecule has 0 aliphatic heterocycles. The fourth-order valence-electron chi connectivity index (χ4n) is 0.448. The van der Waals surface area contributed by atoms with Gasteiger partial charge in [-0.25, -0.2) is 0 Å². The highest BCUT2D eigenvalue weighted by Crippen LogP contribution is 2.08. The van der Waals surface area contributed by atoms with Crippen molar-refractivity contribution in [2.24, 2.45) is 5.41 Å². The van der Waals surface area contributed by atoms with Crippen LogP contribution in [-0.4, -0.2) is 4.98 Å². The van der Waals surface area contributed by atoms with E-state index in [-0.39, 0.29) is 0 Å². The highest BCUT2D eigenvalue weighted by molar-refractivity contribution is 4.99. The molecule has 68 valence electrons. The highest BCUT2D eigenvalue weighted by atomic mass is 14.6. The third-order valence-corrected chi connectivity index (χ3v) is 0.813. The summed E-state index contributed by atoms with van der Waals surface area (Å²) in [5.41, 5.74) is 1.57. The van der Waals surface area contributed by atoms with Gasteiger partial charge < -0.3 is 0 Å². The van der Waals surface area contributed by atoms with Crippen molar-refractivity contribution in [3.8, 4) is 0 Å². The molecule has 12 heavy (non-hydrogen) atoms. The first-order valence-corrected chi connectivity index (χ1v) is 4.27. The second-order valence-electron chi connectivity index (χ2n) is 4.47. The van der Waals surface area contributed by atoms with E-state index < -0.39 is 0 Å². The van der Waals surface area contributed by atoms with Crippen LogP contribution >= 0.6 is 0 Å². The van der Waals surface area contributed by atoms with Crippen molar-refractivity contribution in [3.05, 3.63) is 30.1 Å². The van der Waals surface area contributed by atoms with Gasteiger partial charge in [0.2, 0.25) is 0 Å². The van der Waals surface area contributed by atoms with E-state index in [0.29, 0.717) is 5.41 Å². The molecule has 0 saturated carbocycles. The van der Waals surface area contributed by atoms with Crippen LogP contribution in [0.25, 0.3) is 0 Å². The van der Waals surface area contributed by atoms with Gasteiger partial charge in [0.1, 0.15) is 0 Å². The summed E-state index contributed by atoms with van der Waals surface area (Å²) in [5, 5.41) is 0. The highest BCUT2D eigenvalue weighted by Gasteiger charge is 1.95. The van der Waals surface area contributed by atoms with Crippen molar-refractivity contribution >= 4 is 0 Å². The Kier molecular flexibility index (Phi) is 4.57. The Morgan fingerprint density at radius 3 is 1.75 bits per heavy atom. The molecule has 1 aromatic rings. The van der Waals surface area contributed by atoms with Crippen LogP contribution in [0.5, 0.6) is 0 Å². The number of nitrogens with zero attached hydrogens (tertiary/aromatic N) is 1. The molecular formula is C11H19N. The summed E-state index contributed by atoms with van der Waals surface area (Å²) < 4.78 is 0. The first-order valence-electron chi connectivity index (χ1n) is 4.27. The van der Waals surface area contributed by atoms with E-state index in [1.807, 2.05) is 25.1 Å². The van der Waals surface area contributed by atoms with E-state index in [9.17, 15) is 0 Å². The summed E-state index contributed by atoms with van der Waals surface area (Å²) in [6.45, 7) is 10.7. The van der Waals surface area contributed by atoms with E-state index in [1.165, 1.54) is 0 Å². The lowest BCUT2D eigenvalue weighted by Gasteiger charge is -2.05. The van der Waals surface area contributed by atoms with Gasteiger partial charge in [0.25, 0.3) is 0 Å². The Morgan fingerprint density at radius 1 is 1.08 bits per heavy atom. The van der Waals surface area contributed by atoms with Gasteiger partial charge in [-0.2, -0.15) is 0 Å². The molecule has 1 heterocycles. The summed E-state index contributed by atoms with van der Waals surface area (Å²) in [7, 11) is 0. The van der Waals surface area contributed by atoms with E-state index in [4.69, 9.17) is 0 Å². The Balaban J connectivity index is 0.000000217. The first-order chi connectivity index (χ1) is 5.39. The summed E-state index contributed by atoms with van der Waals surface area (Å²) in [6, 6.07) is 5.86. The fraction of sp³-hybridized carbons (Fsp3) is 0.545. The smallest absolute Gasteiger partial charge is 0.0372 e. The number of aryl methyl sites for hydroxylation is 1. The zero-order chi connectivity index (χ0) is 9.61. The van der Waals surface area contributed by atoms with Crippen molar-refractivity contribution in [1.29, 1.82) is 0 Å². The minimum Gasteiger partial charge on any atom is -0.262 e. The van der Waals surface area contributed by atoms with E-state index >= 15 is 0 Å². The van der Waals surface area contributed by atoms with Gasteiger partial charge in [0.15, 0.2) is 0 Å². The molecule has 0 aromatic carbocycles. The second kappa shape index (κ2) is 4.91. The molecular weight excluding hydrogens is 146 g/mol.